The molecular formula is C17H22F3NO2. The molecular weight excluding hydrogens is 307 g/mol. The van der Waals surface area contributed by atoms with Gasteiger partial charge in [-0.2, -0.15) is 0 Å². The number of ether oxygens (including phenoxy) is 1. The highest BCUT2D eigenvalue weighted by Crippen LogP contribution is 2.40. The van der Waals surface area contributed by atoms with Crippen LogP contribution in [0.5, 0.6) is 5.75 Å². The smallest absolute Gasteiger partial charge is 0.405 e. The minimum Gasteiger partial charge on any atom is -0.405 e. The van der Waals surface area contributed by atoms with Gasteiger partial charge in [0.1, 0.15) is 5.75 Å². The summed E-state index contributed by atoms with van der Waals surface area (Å²) in [6.07, 6.45) is 0.0401. The van der Waals surface area contributed by atoms with Crippen LogP contribution in [0.25, 0.3) is 0 Å². The standard InChI is InChI=1S/C17H22F3NO2/c18-17(19,20)23-15-7-2-1-5-13(15)11-21-10-9-16(22)8-4-3-6-14(16)12-21/h1-2,5,7,14,22H,3-4,6,8-12H2/t14-,16-/m0/s1. The molecule has 3 nitrogen and oxygen atoms in total. The minimum absolute atomic E-state index is 0.135. The van der Waals surface area contributed by atoms with E-state index < -0.39 is 12.0 Å². The zero-order chi connectivity index (χ0) is 16.5. The highest BCUT2D eigenvalue weighted by molar-refractivity contribution is 5.33. The van der Waals surface area contributed by atoms with E-state index in [1.165, 1.54) is 6.07 Å². The number of para-hydroxylation sites is 1. The summed E-state index contributed by atoms with van der Waals surface area (Å²) in [5, 5.41) is 10.7. The predicted molar refractivity (Wildman–Crippen MR) is 79.9 cm³/mol. The number of aliphatic hydroxyl groups is 1. The molecule has 6 heteroatoms. The molecule has 128 valence electrons. The monoisotopic (exact) mass is 329 g/mol. The Morgan fingerprint density at radius 1 is 1.22 bits per heavy atom. The molecule has 2 atom stereocenters. The van der Waals surface area contributed by atoms with Gasteiger partial charge in [-0.25, -0.2) is 0 Å². The summed E-state index contributed by atoms with van der Waals surface area (Å²) in [5.74, 6) is 0.0881. The third-order valence-corrected chi connectivity index (χ3v) is 5.10. The summed E-state index contributed by atoms with van der Waals surface area (Å²) in [7, 11) is 0. The van der Waals surface area contributed by atoms with Crippen molar-refractivity contribution < 1.29 is 23.0 Å². The fraction of sp³-hybridized carbons (Fsp3) is 0.647. The zero-order valence-electron chi connectivity index (χ0n) is 13.0. The van der Waals surface area contributed by atoms with Crippen molar-refractivity contribution in [3.63, 3.8) is 0 Å². The van der Waals surface area contributed by atoms with Gasteiger partial charge < -0.3 is 9.84 Å². The molecule has 0 aromatic heterocycles. The van der Waals surface area contributed by atoms with E-state index >= 15 is 0 Å². The maximum absolute atomic E-state index is 12.5. The van der Waals surface area contributed by atoms with Gasteiger partial charge in [-0.3, -0.25) is 4.90 Å². The molecule has 0 bridgehead atoms. The van der Waals surface area contributed by atoms with Gasteiger partial charge in [0.25, 0.3) is 0 Å². The van der Waals surface area contributed by atoms with Crippen LogP contribution in [0.4, 0.5) is 13.2 Å². The van der Waals surface area contributed by atoms with Gasteiger partial charge in [0.15, 0.2) is 0 Å². The number of benzene rings is 1. The molecule has 2 aliphatic rings. The summed E-state index contributed by atoms with van der Waals surface area (Å²) in [4.78, 5) is 2.13. The number of hydrogen-bond donors (Lipinski definition) is 1. The van der Waals surface area contributed by atoms with Gasteiger partial charge >= 0.3 is 6.36 Å². The van der Waals surface area contributed by atoms with Gasteiger partial charge in [0.05, 0.1) is 5.60 Å². The molecule has 1 saturated heterocycles. The number of hydrogen-bond acceptors (Lipinski definition) is 3. The van der Waals surface area contributed by atoms with E-state index in [1.807, 2.05) is 0 Å². The summed E-state index contributed by atoms with van der Waals surface area (Å²) in [6, 6.07) is 6.28. The summed E-state index contributed by atoms with van der Waals surface area (Å²) >= 11 is 0. The second kappa shape index (κ2) is 6.32. The zero-order valence-corrected chi connectivity index (χ0v) is 13.0. The Bertz CT molecular complexity index is 549. The van der Waals surface area contributed by atoms with E-state index in [-0.39, 0.29) is 11.7 Å². The van der Waals surface area contributed by atoms with Crippen molar-refractivity contribution in [1.82, 2.24) is 4.90 Å². The molecule has 0 amide bonds. The molecule has 2 fully saturated rings. The van der Waals surface area contributed by atoms with Crippen LogP contribution in [-0.4, -0.2) is 35.1 Å². The van der Waals surface area contributed by atoms with E-state index in [9.17, 15) is 18.3 Å². The second-order valence-electron chi connectivity index (χ2n) is 6.69. The minimum atomic E-state index is -4.68. The van der Waals surface area contributed by atoms with Gasteiger partial charge in [-0.05, 0) is 25.3 Å². The lowest BCUT2D eigenvalue weighted by atomic mass is 9.71. The van der Waals surface area contributed by atoms with E-state index in [0.29, 0.717) is 25.1 Å². The van der Waals surface area contributed by atoms with Crippen molar-refractivity contribution in [1.29, 1.82) is 0 Å². The molecule has 1 saturated carbocycles. The summed E-state index contributed by atoms with van der Waals surface area (Å²) < 4.78 is 41.6. The number of alkyl halides is 3. The van der Waals surface area contributed by atoms with Crippen molar-refractivity contribution in [2.45, 2.75) is 50.6 Å². The molecule has 1 aromatic rings. The lowest BCUT2D eigenvalue weighted by molar-refractivity contribution is -0.275. The van der Waals surface area contributed by atoms with Crippen LogP contribution in [-0.2, 0) is 6.54 Å². The Kier molecular flexibility index (Phi) is 4.56. The number of nitrogens with zero attached hydrogens (tertiary/aromatic N) is 1. The molecule has 1 aliphatic carbocycles. The highest BCUT2D eigenvalue weighted by Gasteiger charge is 2.42. The van der Waals surface area contributed by atoms with E-state index in [1.54, 1.807) is 18.2 Å². The molecule has 1 aromatic carbocycles. The van der Waals surface area contributed by atoms with Crippen LogP contribution in [0.3, 0.4) is 0 Å². The normalized spacial score (nSPS) is 29.1. The van der Waals surface area contributed by atoms with Gasteiger partial charge in [-0.1, -0.05) is 31.0 Å². The lowest BCUT2D eigenvalue weighted by Gasteiger charge is -2.47. The number of piperidine rings is 1. The molecule has 23 heavy (non-hydrogen) atoms. The Morgan fingerprint density at radius 2 is 2.00 bits per heavy atom. The van der Waals surface area contributed by atoms with Gasteiger partial charge in [0, 0.05) is 31.1 Å². The number of fused-ring (bicyclic) bond motifs is 1. The van der Waals surface area contributed by atoms with Crippen LogP contribution in [0.2, 0.25) is 0 Å². The number of halogens is 3. The van der Waals surface area contributed by atoms with Crippen LogP contribution in [0.15, 0.2) is 24.3 Å². The molecule has 1 heterocycles. The van der Waals surface area contributed by atoms with Crippen molar-refractivity contribution >= 4 is 0 Å². The first-order chi connectivity index (χ1) is 10.9. The number of likely N-dealkylation sites (tertiary alicyclic amines) is 1. The average Bonchev–Trinajstić information content (AvgIpc) is 2.48. The fourth-order valence-corrected chi connectivity index (χ4v) is 3.88. The van der Waals surface area contributed by atoms with E-state index in [4.69, 9.17) is 0 Å². The second-order valence-corrected chi connectivity index (χ2v) is 6.69. The Hall–Kier alpha value is -1.27. The van der Waals surface area contributed by atoms with Gasteiger partial charge in [0.2, 0.25) is 0 Å². The largest absolute Gasteiger partial charge is 0.573 e. The van der Waals surface area contributed by atoms with Gasteiger partial charge in [-0.15, -0.1) is 13.2 Å². The molecule has 3 rings (SSSR count). The maximum atomic E-state index is 12.5. The van der Waals surface area contributed by atoms with Crippen LogP contribution in [0.1, 0.15) is 37.7 Å². The van der Waals surface area contributed by atoms with Crippen LogP contribution >= 0.6 is 0 Å². The van der Waals surface area contributed by atoms with Crippen LogP contribution < -0.4 is 4.74 Å². The predicted octanol–water partition coefficient (Wildman–Crippen LogP) is 3.71. The first-order valence-corrected chi connectivity index (χ1v) is 8.14. The SMILES string of the molecule is O[C@]12CCCC[C@H]1CN(Cc1ccccc1OC(F)(F)F)CC2. The highest BCUT2D eigenvalue weighted by atomic mass is 19.4. The molecule has 0 spiro atoms. The summed E-state index contributed by atoms with van der Waals surface area (Å²) in [6.45, 7) is 1.85. The molecule has 0 unspecified atom stereocenters. The fourth-order valence-electron chi connectivity index (χ4n) is 3.88. The third-order valence-electron chi connectivity index (χ3n) is 5.10. The quantitative estimate of drug-likeness (QED) is 0.917. The first kappa shape index (κ1) is 16.6. The van der Waals surface area contributed by atoms with Crippen molar-refractivity contribution in [3.8, 4) is 5.75 Å². The van der Waals surface area contributed by atoms with E-state index in [0.717, 1.165) is 32.2 Å². The molecule has 1 aliphatic heterocycles. The van der Waals surface area contributed by atoms with Crippen molar-refractivity contribution in [2.24, 2.45) is 5.92 Å². The lowest BCUT2D eigenvalue weighted by Crippen LogP contribution is -2.52. The Balaban J connectivity index is 1.68. The number of rotatable bonds is 3. The van der Waals surface area contributed by atoms with Crippen molar-refractivity contribution in [2.75, 3.05) is 13.1 Å². The maximum Gasteiger partial charge on any atom is 0.573 e. The molecule has 0 radical (unpaired) electrons. The average molecular weight is 329 g/mol. The third kappa shape index (κ3) is 3.98. The van der Waals surface area contributed by atoms with Crippen LogP contribution in [0, 0.1) is 5.92 Å². The van der Waals surface area contributed by atoms with Crippen molar-refractivity contribution in [3.05, 3.63) is 29.8 Å². The summed E-state index contributed by atoms with van der Waals surface area (Å²) in [5.41, 5.74) is -0.0393. The first-order valence-electron chi connectivity index (χ1n) is 8.14. The Morgan fingerprint density at radius 3 is 2.78 bits per heavy atom. The topological polar surface area (TPSA) is 32.7 Å². The Labute approximate surface area is 134 Å². The molecule has 1 N–H and O–H groups in total. The van der Waals surface area contributed by atoms with E-state index in [2.05, 4.69) is 9.64 Å².